The lowest BCUT2D eigenvalue weighted by molar-refractivity contribution is 0.0748. The third-order valence-electron chi connectivity index (χ3n) is 3.85. The molecule has 3 nitrogen and oxygen atoms in total. The van der Waals surface area contributed by atoms with E-state index in [1.165, 1.54) is 23.5 Å². The van der Waals surface area contributed by atoms with E-state index < -0.39 is 0 Å². The van der Waals surface area contributed by atoms with E-state index in [2.05, 4.69) is 5.32 Å². The Hall–Kier alpha value is -1.72. The SMILES string of the molecule is CN(C(=O)c1ccc(-c2ccc(F)cc2)s1)C1CCNC1. The Morgan fingerprint density at radius 3 is 2.71 bits per heavy atom. The van der Waals surface area contributed by atoms with E-state index >= 15 is 0 Å². The van der Waals surface area contributed by atoms with E-state index in [0.29, 0.717) is 0 Å². The number of thiophene rings is 1. The van der Waals surface area contributed by atoms with Crippen LogP contribution in [-0.2, 0) is 0 Å². The first-order chi connectivity index (χ1) is 10.1. The Bertz CT molecular complexity index is 632. The minimum atomic E-state index is -0.250. The number of likely N-dealkylation sites (N-methyl/N-ethyl adjacent to an activating group) is 1. The molecule has 2 heterocycles. The number of carbonyl (C=O) groups is 1. The van der Waals surface area contributed by atoms with Crippen LogP contribution in [0.5, 0.6) is 0 Å². The first-order valence-electron chi connectivity index (χ1n) is 6.99. The first kappa shape index (κ1) is 14.2. The van der Waals surface area contributed by atoms with Gasteiger partial charge in [-0.15, -0.1) is 11.3 Å². The summed E-state index contributed by atoms with van der Waals surface area (Å²) in [5.74, 6) is -0.192. The van der Waals surface area contributed by atoms with E-state index in [0.717, 1.165) is 34.8 Å². The number of halogens is 1. The van der Waals surface area contributed by atoms with Gasteiger partial charge in [0.25, 0.3) is 5.91 Å². The Kier molecular flexibility index (Phi) is 4.03. The summed E-state index contributed by atoms with van der Waals surface area (Å²) in [5.41, 5.74) is 0.936. The van der Waals surface area contributed by atoms with Gasteiger partial charge in [0.15, 0.2) is 0 Å². The zero-order chi connectivity index (χ0) is 14.8. The zero-order valence-corrected chi connectivity index (χ0v) is 12.6. The van der Waals surface area contributed by atoms with Crippen molar-refractivity contribution in [1.29, 1.82) is 0 Å². The standard InChI is InChI=1S/C16H17FN2OS/c1-19(13-8-9-18-10-13)16(20)15-7-6-14(21-15)11-2-4-12(17)5-3-11/h2-7,13,18H,8-10H2,1H3. The van der Waals surface area contributed by atoms with Crippen molar-refractivity contribution >= 4 is 17.2 Å². The molecule has 1 atom stereocenters. The number of carbonyl (C=O) groups excluding carboxylic acids is 1. The van der Waals surface area contributed by atoms with Crippen LogP contribution in [0.1, 0.15) is 16.1 Å². The molecule has 110 valence electrons. The molecule has 1 fully saturated rings. The summed E-state index contributed by atoms with van der Waals surface area (Å²) < 4.78 is 13.0. The molecule has 1 amide bonds. The molecule has 21 heavy (non-hydrogen) atoms. The van der Waals surface area contributed by atoms with Gasteiger partial charge in [0.2, 0.25) is 0 Å². The van der Waals surface area contributed by atoms with E-state index in [1.54, 1.807) is 12.1 Å². The van der Waals surface area contributed by atoms with Crippen LogP contribution in [0.4, 0.5) is 4.39 Å². The summed E-state index contributed by atoms with van der Waals surface area (Å²) >= 11 is 1.45. The second kappa shape index (κ2) is 5.95. The fraction of sp³-hybridized carbons (Fsp3) is 0.312. The second-order valence-corrected chi connectivity index (χ2v) is 6.32. The molecule has 0 aliphatic carbocycles. The van der Waals surface area contributed by atoms with Gasteiger partial charge in [-0.2, -0.15) is 0 Å². The fourth-order valence-electron chi connectivity index (χ4n) is 2.53. The molecule has 5 heteroatoms. The van der Waals surface area contributed by atoms with Crippen molar-refractivity contribution in [2.24, 2.45) is 0 Å². The highest BCUT2D eigenvalue weighted by molar-refractivity contribution is 7.17. The van der Waals surface area contributed by atoms with Gasteiger partial charge in [-0.3, -0.25) is 4.79 Å². The van der Waals surface area contributed by atoms with E-state index in [9.17, 15) is 9.18 Å². The Morgan fingerprint density at radius 1 is 1.29 bits per heavy atom. The third kappa shape index (κ3) is 2.99. The summed E-state index contributed by atoms with van der Waals surface area (Å²) in [6.45, 7) is 1.83. The number of benzene rings is 1. The highest BCUT2D eigenvalue weighted by Gasteiger charge is 2.24. The molecular formula is C16H17FN2OS. The lowest BCUT2D eigenvalue weighted by Crippen LogP contribution is -2.37. The number of rotatable bonds is 3. The van der Waals surface area contributed by atoms with Crippen LogP contribution in [0.15, 0.2) is 36.4 Å². The van der Waals surface area contributed by atoms with Crippen LogP contribution < -0.4 is 5.32 Å². The Labute approximate surface area is 127 Å². The molecule has 1 unspecified atom stereocenters. The van der Waals surface area contributed by atoms with Crippen LogP contribution in [0.25, 0.3) is 10.4 Å². The van der Waals surface area contributed by atoms with Crippen LogP contribution in [0, 0.1) is 5.82 Å². The normalized spacial score (nSPS) is 17.9. The number of amides is 1. The average Bonchev–Trinajstić information content (AvgIpc) is 3.18. The maximum Gasteiger partial charge on any atom is 0.263 e. The van der Waals surface area contributed by atoms with Crippen LogP contribution >= 0.6 is 11.3 Å². The number of hydrogen-bond acceptors (Lipinski definition) is 3. The van der Waals surface area contributed by atoms with Gasteiger partial charge < -0.3 is 10.2 Å². The lowest BCUT2D eigenvalue weighted by Gasteiger charge is -2.22. The van der Waals surface area contributed by atoms with Gasteiger partial charge in [0.1, 0.15) is 5.82 Å². The highest BCUT2D eigenvalue weighted by atomic mass is 32.1. The maximum atomic E-state index is 13.0. The van der Waals surface area contributed by atoms with E-state index in [4.69, 9.17) is 0 Å². The molecule has 1 saturated heterocycles. The van der Waals surface area contributed by atoms with Crippen molar-refractivity contribution < 1.29 is 9.18 Å². The smallest absolute Gasteiger partial charge is 0.263 e. The van der Waals surface area contributed by atoms with Gasteiger partial charge in [0, 0.05) is 24.5 Å². The fourth-order valence-corrected chi connectivity index (χ4v) is 3.53. The van der Waals surface area contributed by atoms with Crippen LogP contribution in [0.3, 0.4) is 0 Å². The molecule has 1 aromatic carbocycles. The first-order valence-corrected chi connectivity index (χ1v) is 7.80. The second-order valence-electron chi connectivity index (χ2n) is 5.23. The monoisotopic (exact) mass is 304 g/mol. The Balaban J connectivity index is 1.77. The van der Waals surface area contributed by atoms with Crippen molar-refractivity contribution in [3.05, 3.63) is 47.1 Å². The quantitative estimate of drug-likeness (QED) is 0.945. The average molecular weight is 304 g/mol. The third-order valence-corrected chi connectivity index (χ3v) is 4.97. The molecule has 3 rings (SSSR count). The van der Waals surface area contributed by atoms with E-state index in [-0.39, 0.29) is 17.8 Å². The lowest BCUT2D eigenvalue weighted by atomic mass is 10.2. The van der Waals surface area contributed by atoms with Crippen LogP contribution in [-0.4, -0.2) is 37.0 Å². The van der Waals surface area contributed by atoms with Crippen molar-refractivity contribution in [1.82, 2.24) is 10.2 Å². The molecule has 0 spiro atoms. The summed E-state index contributed by atoms with van der Waals surface area (Å²) in [5, 5.41) is 3.27. The minimum absolute atomic E-state index is 0.0575. The molecule has 0 saturated carbocycles. The van der Waals surface area contributed by atoms with Gasteiger partial charge in [0.05, 0.1) is 4.88 Å². The summed E-state index contributed by atoms with van der Waals surface area (Å²) in [4.78, 5) is 16.0. The summed E-state index contributed by atoms with van der Waals surface area (Å²) in [6, 6.07) is 10.4. The molecule has 1 aliphatic heterocycles. The molecule has 0 radical (unpaired) electrons. The minimum Gasteiger partial charge on any atom is -0.337 e. The van der Waals surface area contributed by atoms with Gasteiger partial charge in [-0.25, -0.2) is 4.39 Å². The summed E-state index contributed by atoms with van der Waals surface area (Å²) in [6.07, 6.45) is 0.998. The number of nitrogens with zero attached hydrogens (tertiary/aromatic N) is 1. The maximum absolute atomic E-state index is 13.0. The van der Waals surface area contributed by atoms with Gasteiger partial charge >= 0.3 is 0 Å². The predicted molar refractivity (Wildman–Crippen MR) is 83.1 cm³/mol. The van der Waals surface area contributed by atoms with Crippen LogP contribution in [0.2, 0.25) is 0 Å². The highest BCUT2D eigenvalue weighted by Crippen LogP contribution is 2.29. The topological polar surface area (TPSA) is 32.3 Å². The number of hydrogen-bond donors (Lipinski definition) is 1. The molecule has 1 aromatic heterocycles. The van der Waals surface area contributed by atoms with Gasteiger partial charge in [-0.1, -0.05) is 12.1 Å². The predicted octanol–water partition coefficient (Wildman–Crippen LogP) is 2.99. The zero-order valence-electron chi connectivity index (χ0n) is 11.8. The molecular weight excluding hydrogens is 287 g/mol. The van der Waals surface area contributed by atoms with Gasteiger partial charge in [-0.05, 0) is 42.8 Å². The van der Waals surface area contributed by atoms with E-state index in [1.807, 2.05) is 24.1 Å². The van der Waals surface area contributed by atoms with Crippen molar-refractivity contribution in [2.75, 3.05) is 20.1 Å². The van der Waals surface area contributed by atoms with Crippen molar-refractivity contribution in [3.63, 3.8) is 0 Å². The molecule has 1 N–H and O–H groups in total. The largest absolute Gasteiger partial charge is 0.337 e. The van der Waals surface area contributed by atoms with Crippen molar-refractivity contribution in [3.8, 4) is 10.4 Å². The van der Waals surface area contributed by atoms with Crippen molar-refractivity contribution in [2.45, 2.75) is 12.5 Å². The Morgan fingerprint density at radius 2 is 2.05 bits per heavy atom. The summed E-state index contributed by atoms with van der Waals surface area (Å²) in [7, 11) is 1.86. The molecule has 2 aromatic rings. The molecule has 1 aliphatic rings. The number of nitrogens with one attached hydrogen (secondary N) is 1. The molecule has 0 bridgehead atoms.